The minimum atomic E-state index is -0.709. The monoisotopic (exact) mass is 399 g/mol. The fourth-order valence-corrected chi connectivity index (χ4v) is 3.27. The van der Waals surface area contributed by atoms with Crippen molar-refractivity contribution in [2.24, 2.45) is 0 Å². The maximum Gasteiger partial charge on any atom is 0.309 e. The molecule has 0 saturated carbocycles. The highest BCUT2D eigenvalue weighted by Gasteiger charge is 2.24. The van der Waals surface area contributed by atoms with Crippen molar-refractivity contribution in [2.75, 3.05) is 32.8 Å². The van der Waals surface area contributed by atoms with Gasteiger partial charge in [0.2, 0.25) is 0 Å². The fourth-order valence-electron chi connectivity index (χ4n) is 3.27. The highest BCUT2D eigenvalue weighted by molar-refractivity contribution is 6.35. The lowest BCUT2D eigenvalue weighted by Crippen LogP contribution is -2.46. The SMILES string of the molecule is Cc1ccc(C(CNC(=O)C(=O)NCc2ccc(F)cc2)N2CCOCC2)cc1. The molecule has 6 nitrogen and oxygen atoms in total. The number of halogens is 1. The largest absolute Gasteiger partial charge is 0.379 e. The van der Waals surface area contributed by atoms with Crippen molar-refractivity contribution in [1.29, 1.82) is 0 Å². The lowest BCUT2D eigenvalue weighted by molar-refractivity contribution is -0.139. The van der Waals surface area contributed by atoms with E-state index in [1.165, 1.54) is 17.7 Å². The minimum Gasteiger partial charge on any atom is -0.379 e. The second kappa shape index (κ2) is 10.1. The average Bonchev–Trinajstić information content (AvgIpc) is 2.75. The van der Waals surface area contributed by atoms with Crippen LogP contribution >= 0.6 is 0 Å². The van der Waals surface area contributed by atoms with Gasteiger partial charge in [0.25, 0.3) is 0 Å². The Hall–Kier alpha value is -2.77. The van der Waals surface area contributed by atoms with E-state index in [9.17, 15) is 14.0 Å². The second-order valence-corrected chi connectivity index (χ2v) is 7.09. The van der Waals surface area contributed by atoms with Crippen LogP contribution < -0.4 is 10.6 Å². The molecule has 0 bridgehead atoms. The van der Waals surface area contributed by atoms with Gasteiger partial charge in [-0.25, -0.2) is 4.39 Å². The van der Waals surface area contributed by atoms with Gasteiger partial charge in [-0.1, -0.05) is 42.0 Å². The van der Waals surface area contributed by atoms with Crippen molar-refractivity contribution in [2.45, 2.75) is 19.5 Å². The van der Waals surface area contributed by atoms with Crippen LogP contribution in [0.15, 0.2) is 48.5 Å². The van der Waals surface area contributed by atoms with E-state index in [0.29, 0.717) is 19.8 Å². The van der Waals surface area contributed by atoms with Crippen LogP contribution in [0.1, 0.15) is 22.7 Å². The molecule has 0 radical (unpaired) electrons. The van der Waals surface area contributed by atoms with Crippen molar-refractivity contribution < 1.29 is 18.7 Å². The standard InChI is InChI=1S/C22H26FN3O3/c1-16-2-6-18(7-3-16)20(26-10-12-29-13-11-26)15-25-22(28)21(27)24-14-17-4-8-19(23)9-5-17/h2-9,20H,10-15H2,1H3,(H,24,27)(H,25,28). The van der Waals surface area contributed by atoms with Crippen molar-refractivity contribution in [3.63, 3.8) is 0 Å². The molecular weight excluding hydrogens is 373 g/mol. The summed E-state index contributed by atoms with van der Waals surface area (Å²) in [5, 5.41) is 5.31. The molecule has 2 aromatic rings. The molecule has 0 aromatic heterocycles. The Balaban J connectivity index is 1.57. The molecule has 154 valence electrons. The lowest BCUT2D eigenvalue weighted by atomic mass is 10.0. The van der Waals surface area contributed by atoms with E-state index in [-0.39, 0.29) is 18.4 Å². The molecule has 2 aromatic carbocycles. The van der Waals surface area contributed by atoms with Crippen molar-refractivity contribution in [1.82, 2.24) is 15.5 Å². The molecule has 2 N–H and O–H groups in total. The molecule has 3 rings (SSSR count). The first-order valence-electron chi connectivity index (χ1n) is 9.72. The van der Waals surface area contributed by atoms with E-state index in [4.69, 9.17) is 4.74 Å². The second-order valence-electron chi connectivity index (χ2n) is 7.09. The maximum absolute atomic E-state index is 12.9. The van der Waals surface area contributed by atoms with E-state index in [0.717, 1.165) is 24.2 Å². The van der Waals surface area contributed by atoms with Gasteiger partial charge in [-0.15, -0.1) is 0 Å². The quantitative estimate of drug-likeness (QED) is 0.729. The molecule has 1 fully saturated rings. The summed E-state index contributed by atoms with van der Waals surface area (Å²) in [4.78, 5) is 26.6. The molecule has 7 heteroatoms. The van der Waals surface area contributed by atoms with Crippen LogP contribution in [0.4, 0.5) is 4.39 Å². The molecule has 2 amide bonds. The third-order valence-corrected chi connectivity index (χ3v) is 4.98. The Bertz CT molecular complexity index is 818. The van der Waals surface area contributed by atoms with Crippen LogP contribution in [-0.2, 0) is 20.9 Å². The summed E-state index contributed by atoms with van der Waals surface area (Å²) in [6, 6.07) is 13.9. The summed E-state index contributed by atoms with van der Waals surface area (Å²) >= 11 is 0. The number of morpholine rings is 1. The molecular formula is C22H26FN3O3. The van der Waals surface area contributed by atoms with Crippen LogP contribution in [0, 0.1) is 12.7 Å². The van der Waals surface area contributed by atoms with E-state index in [2.05, 4.69) is 27.7 Å². The third kappa shape index (κ3) is 6.10. The summed E-state index contributed by atoms with van der Waals surface area (Å²) in [6.07, 6.45) is 0. The van der Waals surface area contributed by atoms with Crippen LogP contribution in [0.3, 0.4) is 0 Å². The fraction of sp³-hybridized carbons (Fsp3) is 0.364. The Morgan fingerprint density at radius 3 is 2.28 bits per heavy atom. The highest BCUT2D eigenvalue weighted by Crippen LogP contribution is 2.21. The predicted molar refractivity (Wildman–Crippen MR) is 108 cm³/mol. The smallest absolute Gasteiger partial charge is 0.309 e. The van der Waals surface area contributed by atoms with Crippen molar-refractivity contribution in [3.05, 3.63) is 71.0 Å². The number of rotatable bonds is 6. The number of nitrogens with one attached hydrogen (secondary N) is 2. The lowest BCUT2D eigenvalue weighted by Gasteiger charge is -2.35. The zero-order valence-corrected chi connectivity index (χ0v) is 16.5. The van der Waals surface area contributed by atoms with Crippen LogP contribution in [-0.4, -0.2) is 49.6 Å². The van der Waals surface area contributed by atoms with Crippen LogP contribution in [0.25, 0.3) is 0 Å². The number of carbonyl (C=O) groups is 2. The summed E-state index contributed by atoms with van der Waals surface area (Å²) in [7, 11) is 0. The zero-order chi connectivity index (χ0) is 20.6. The Morgan fingerprint density at radius 1 is 1.00 bits per heavy atom. The first-order valence-corrected chi connectivity index (χ1v) is 9.72. The summed E-state index contributed by atoms with van der Waals surface area (Å²) in [6.45, 7) is 5.35. The Kier molecular flexibility index (Phi) is 7.32. The van der Waals surface area contributed by atoms with Gasteiger partial charge >= 0.3 is 11.8 Å². The van der Waals surface area contributed by atoms with E-state index >= 15 is 0 Å². The molecule has 0 aliphatic carbocycles. The van der Waals surface area contributed by atoms with Crippen molar-refractivity contribution in [3.8, 4) is 0 Å². The van der Waals surface area contributed by atoms with Gasteiger partial charge in [0.1, 0.15) is 5.82 Å². The summed E-state index contributed by atoms with van der Waals surface area (Å²) < 4.78 is 18.4. The van der Waals surface area contributed by atoms with Gasteiger partial charge in [-0.2, -0.15) is 0 Å². The summed E-state index contributed by atoms with van der Waals surface area (Å²) in [5.41, 5.74) is 2.97. The molecule has 1 aliphatic heterocycles. The molecule has 1 saturated heterocycles. The van der Waals surface area contributed by atoms with E-state index in [1.54, 1.807) is 12.1 Å². The molecule has 0 spiro atoms. The number of hydrogen-bond acceptors (Lipinski definition) is 4. The number of aryl methyl sites for hydroxylation is 1. The molecule has 29 heavy (non-hydrogen) atoms. The average molecular weight is 399 g/mol. The van der Waals surface area contributed by atoms with Gasteiger partial charge in [0.05, 0.1) is 19.3 Å². The summed E-state index contributed by atoms with van der Waals surface area (Å²) in [5.74, 6) is -1.74. The Morgan fingerprint density at radius 2 is 1.62 bits per heavy atom. The Labute approximate surface area is 170 Å². The number of amides is 2. The number of ether oxygens (including phenoxy) is 1. The molecule has 1 heterocycles. The first-order chi connectivity index (χ1) is 14.0. The van der Waals surface area contributed by atoms with Gasteiger partial charge in [0, 0.05) is 26.2 Å². The van der Waals surface area contributed by atoms with Crippen molar-refractivity contribution >= 4 is 11.8 Å². The van der Waals surface area contributed by atoms with E-state index in [1.807, 2.05) is 19.1 Å². The van der Waals surface area contributed by atoms with Gasteiger partial charge < -0.3 is 15.4 Å². The minimum absolute atomic E-state index is 0.0339. The number of nitrogens with zero attached hydrogens (tertiary/aromatic N) is 1. The molecule has 1 atom stereocenters. The first kappa shape index (κ1) is 21.0. The highest BCUT2D eigenvalue weighted by atomic mass is 19.1. The van der Waals surface area contributed by atoms with Gasteiger partial charge in [-0.3, -0.25) is 14.5 Å². The molecule has 1 aliphatic rings. The number of hydrogen-bond donors (Lipinski definition) is 2. The van der Waals surface area contributed by atoms with Gasteiger partial charge in [0.15, 0.2) is 0 Å². The predicted octanol–water partition coefficient (Wildman–Crippen LogP) is 1.94. The van der Waals surface area contributed by atoms with Crippen LogP contribution in [0.5, 0.6) is 0 Å². The van der Waals surface area contributed by atoms with E-state index < -0.39 is 11.8 Å². The number of carbonyl (C=O) groups excluding carboxylic acids is 2. The number of benzene rings is 2. The topological polar surface area (TPSA) is 70.7 Å². The maximum atomic E-state index is 12.9. The van der Waals surface area contributed by atoms with Gasteiger partial charge in [-0.05, 0) is 30.2 Å². The normalized spacial score (nSPS) is 15.5. The third-order valence-electron chi connectivity index (χ3n) is 4.98. The zero-order valence-electron chi connectivity index (χ0n) is 16.5. The molecule has 1 unspecified atom stereocenters. The van der Waals surface area contributed by atoms with Crippen LogP contribution in [0.2, 0.25) is 0 Å².